The van der Waals surface area contributed by atoms with E-state index >= 15 is 0 Å². The van der Waals surface area contributed by atoms with Gasteiger partial charge in [0, 0.05) is 55.6 Å². The third-order valence-electron chi connectivity index (χ3n) is 6.24. The molecule has 0 unspecified atom stereocenters. The Hall–Kier alpha value is -2.82. The lowest BCUT2D eigenvalue weighted by Crippen LogP contribution is -2.43. The van der Waals surface area contributed by atoms with Crippen LogP contribution in [-0.4, -0.2) is 55.1 Å². The van der Waals surface area contributed by atoms with Crippen molar-refractivity contribution in [2.75, 3.05) is 45.6 Å². The molecule has 0 atom stereocenters. The molecule has 1 aliphatic rings. The molecule has 4 nitrogen and oxygen atoms in total. The minimum absolute atomic E-state index is 0.709. The van der Waals surface area contributed by atoms with Crippen molar-refractivity contribution in [1.82, 2.24) is 14.8 Å². The number of hydrogen-bond donors (Lipinski definition) is 1. The Morgan fingerprint density at radius 2 is 1.88 bits per heavy atom. The number of anilines is 1. The number of piperazine rings is 1. The predicted octanol–water partition coefficient (Wildman–Crippen LogP) is 7.18. The fourth-order valence-corrected chi connectivity index (χ4v) is 4.24. The topological polar surface area (TPSA) is 31.4 Å². The standard InChI is InChI=1S/C18H15ClN2.C11H22N2/c1-3-12-7-8-15-16(19)11-17(21-18(15)9-12)13-5-4-6-14(10-13)20-2;1-4-5-6-11(2)13-9-7-12(3)8-10-13/h3-11,20H,1H2,2H3;2,4-10H2,1,3H3. The van der Waals surface area contributed by atoms with Gasteiger partial charge in [-0.3, -0.25) is 0 Å². The molecule has 0 spiro atoms. The van der Waals surface area contributed by atoms with Gasteiger partial charge in [-0.2, -0.15) is 0 Å². The van der Waals surface area contributed by atoms with Crippen LogP contribution in [0.25, 0.3) is 28.2 Å². The average molecular weight is 477 g/mol. The highest BCUT2D eigenvalue weighted by Crippen LogP contribution is 2.29. The van der Waals surface area contributed by atoms with Gasteiger partial charge in [-0.05, 0) is 49.7 Å². The van der Waals surface area contributed by atoms with E-state index in [9.17, 15) is 0 Å². The number of nitrogens with zero attached hydrogens (tertiary/aromatic N) is 3. The van der Waals surface area contributed by atoms with Gasteiger partial charge >= 0.3 is 0 Å². The maximum absolute atomic E-state index is 6.40. The Morgan fingerprint density at radius 1 is 1.12 bits per heavy atom. The normalized spacial score (nSPS) is 13.8. The van der Waals surface area contributed by atoms with Crippen molar-refractivity contribution in [2.45, 2.75) is 26.2 Å². The minimum atomic E-state index is 0.709. The largest absolute Gasteiger partial charge is 0.388 e. The monoisotopic (exact) mass is 476 g/mol. The average Bonchev–Trinajstić information content (AvgIpc) is 2.87. The molecule has 1 aromatic heterocycles. The van der Waals surface area contributed by atoms with Gasteiger partial charge in [0.2, 0.25) is 0 Å². The van der Waals surface area contributed by atoms with Crippen LogP contribution in [0.2, 0.25) is 5.02 Å². The van der Waals surface area contributed by atoms with E-state index in [0.717, 1.165) is 33.4 Å². The van der Waals surface area contributed by atoms with E-state index in [1.807, 2.05) is 55.6 Å². The smallest absolute Gasteiger partial charge is 0.0730 e. The summed E-state index contributed by atoms with van der Waals surface area (Å²) in [6, 6.07) is 16.0. The molecule has 2 heterocycles. The summed E-state index contributed by atoms with van der Waals surface area (Å²) in [7, 11) is 4.09. The van der Waals surface area contributed by atoms with Gasteiger partial charge < -0.3 is 15.1 Å². The Morgan fingerprint density at radius 3 is 2.56 bits per heavy atom. The summed E-state index contributed by atoms with van der Waals surface area (Å²) in [6.45, 7) is 14.9. The number of unbranched alkanes of at least 4 members (excludes halogenated alkanes) is 1. The molecule has 5 heteroatoms. The number of aromatic nitrogens is 1. The zero-order chi connectivity index (χ0) is 24.5. The van der Waals surface area contributed by atoms with E-state index in [1.54, 1.807) is 0 Å². The number of benzene rings is 2. The highest BCUT2D eigenvalue weighted by molar-refractivity contribution is 6.35. The van der Waals surface area contributed by atoms with Crippen LogP contribution in [0.3, 0.4) is 0 Å². The highest BCUT2D eigenvalue weighted by Gasteiger charge is 2.14. The molecule has 3 aromatic rings. The lowest BCUT2D eigenvalue weighted by molar-refractivity contribution is 0.182. The Labute approximate surface area is 209 Å². The second-order valence-electron chi connectivity index (χ2n) is 8.76. The first kappa shape index (κ1) is 25.8. The Kier molecular flexibility index (Phi) is 9.55. The SMILES string of the molecule is C=C(CCCC)N1CCN(C)CC1.C=Cc1ccc2c(Cl)cc(-c3cccc(NC)c3)nc2c1. The van der Waals surface area contributed by atoms with Crippen molar-refractivity contribution >= 4 is 34.3 Å². The first-order valence-electron chi connectivity index (χ1n) is 12.1. The quantitative estimate of drug-likeness (QED) is 0.391. The van der Waals surface area contributed by atoms with E-state index in [2.05, 4.69) is 48.3 Å². The second kappa shape index (κ2) is 12.6. The Balaban J connectivity index is 0.000000215. The van der Waals surface area contributed by atoms with Crippen molar-refractivity contribution in [1.29, 1.82) is 0 Å². The first-order chi connectivity index (χ1) is 16.4. The zero-order valence-corrected chi connectivity index (χ0v) is 21.5. The van der Waals surface area contributed by atoms with Crippen molar-refractivity contribution in [3.63, 3.8) is 0 Å². The molecule has 0 aliphatic carbocycles. The summed E-state index contributed by atoms with van der Waals surface area (Å²) in [6.07, 6.45) is 5.54. The first-order valence-corrected chi connectivity index (χ1v) is 12.4. The van der Waals surface area contributed by atoms with Gasteiger partial charge in [0.1, 0.15) is 0 Å². The van der Waals surface area contributed by atoms with Gasteiger partial charge in [0.25, 0.3) is 0 Å². The summed E-state index contributed by atoms with van der Waals surface area (Å²) < 4.78 is 0. The molecule has 4 rings (SSSR count). The predicted molar refractivity (Wildman–Crippen MR) is 150 cm³/mol. The van der Waals surface area contributed by atoms with Crippen LogP contribution in [0.4, 0.5) is 5.69 Å². The molecule has 34 heavy (non-hydrogen) atoms. The maximum Gasteiger partial charge on any atom is 0.0730 e. The third-order valence-corrected chi connectivity index (χ3v) is 6.55. The second-order valence-corrected chi connectivity index (χ2v) is 9.17. The van der Waals surface area contributed by atoms with Crippen LogP contribution >= 0.6 is 11.6 Å². The summed E-state index contributed by atoms with van der Waals surface area (Å²) in [5, 5.41) is 4.80. The van der Waals surface area contributed by atoms with E-state index < -0.39 is 0 Å². The zero-order valence-electron chi connectivity index (χ0n) is 20.8. The number of allylic oxidation sites excluding steroid dienone is 1. The van der Waals surface area contributed by atoms with Crippen molar-refractivity contribution in [3.8, 4) is 11.3 Å². The molecular weight excluding hydrogens is 440 g/mol. The lowest BCUT2D eigenvalue weighted by Gasteiger charge is -2.35. The van der Waals surface area contributed by atoms with Crippen LogP contribution in [0.1, 0.15) is 31.7 Å². The molecule has 1 N–H and O–H groups in total. The number of pyridine rings is 1. The maximum atomic E-state index is 6.40. The van der Waals surface area contributed by atoms with Gasteiger partial charge in [-0.15, -0.1) is 0 Å². The van der Waals surface area contributed by atoms with Crippen LogP contribution in [0.5, 0.6) is 0 Å². The van der Waals surface area contributed by atoms with Gasteiger partial charge in [-0.25, -0.2) is 4.98 Å². The van der Waals surface area contributed by atoms with E-state index in [1.165, 1.54) is 51.1 Å². The molecule has 1 aliphatic heterocycles. The number of halogens is 1. The van der Waals surface area contributed by atoms with Gasteiger partial charge in [-0.1, -0.05) is 68.4 Å². The van der Waals surface area contributed by atoms with E-state index in [-0.39, 0.29) is 0 Å². The van der Waals surface area contributed by atoms with Crippen molar-refractivity contribution in [2.24, 2.45) is 0 Å². The number of fused-ring (bicyclic) bond motifs is 1. The highest BCUT2D eigenvalue weighted by atomic mass is 35.5. The van der Waals surface area contributed by atoms with Gasteiger partial charge in [0.15, 0.2) is 0 Å². The number of rotatable bonds is 7. The van der Waals surface area contributed by atoms with E-state index in [4.69, 9.17) is 16.6 Å². The van der Waals surface area contributed by atoms with E-state index in [0.29, 0.717) is 5.02 Å². The van der Waals surface area contributed by atoms with Crippen LogP contribution in [-0.2, 0) is 0 Å². The Bertz CT molecular complexity index is 1120. The number of nitrogens with one attached hydrogen (secondary N) is 1. The minimum Gasteiger partial charge on any atom is -0.388 e. The molecule has 0 bridgehead atoms. The molecule has 0 radical (unpaired) electrons. The molecule has 2 aromatic carbocycles. The summed E-state index contributed by atoms with van der Waals surface area (Å²) in [4.78, 5) is 9.55. The molecule has 1 saturated heterocycles. The van der Waals surface area contributed by atoms with Crippen molar-refractivity contribution in [3.05, 3.63) is 78.0 Å². The summed E-state index contributed by atoms with van der Waals surface area (Å²) >= 11 is 6.40. The van der Waals surface area contributed by atoms with Crippen LogP contribution < -0.4 is 5.32 Å². The van der Waals surface area contributed by atoms with Crippen molar-refractivity contribution < 1.29 is 0 Å². The molecule has 180 valence electrons. The summed E-state index contributed by atoms with van der Waals surface area (Å²) in [5.41, 5.74) is 6.21. The fourth-order valence-electron chi connectivity index (χ4n) is 3.97. The van der Waals surface area contributed by atoms with Crippen LogP contribution in [0, 0.1) is 0 Å². The molecule has 0 amide bonds. The third kappa shape index (κ3) is 6.85. The lowest BCUT2D eigenvalue weighted by atomic mass is 10.1. The van der Waals surface area contributed by atoms with Crippen LogP contribution in [0.15, 0.2) is 67.4 Å². The summed E-state index contributed by atoms with van der Waals surface area (Å²) in [5.74, 6) is 0. The molecule has 0 saturated carbocycles. The fraction of sp³-hybridized carbons (Fsp3) is 0.345. The number of likely N-dealkylation sites (N-methyl/N-ethyl adjacent to an activating group) is 1. The molecular formula is C29H37ClN4. The number of hydrogen-bond acceptors (Lipinski definition) is 4. The van der Waals surface area contributed by atoms with Gasteiger partial charge in [0.05, 0.1) is 16.2 Å². The molecule has 1 fully saturated rings.